The van der Waals surface area contributed by atoms with E-state index in [9.17, 15) is 27.5 Å². The maximum Gasteiger partial charge on any atom is 0.287 e. The number of carbonyl (C=O) groups excluding carboxylic acids is 1. The van der Waals surface area contributed by atoms with E-state index in [1.54, 1.807) is 0 Å². The number of nitrogens with zero attached hydrogens (tertiary/aromatic N) is 4. The molecule has 1 aliphatic rings. The lowest BCUT2D eigenvalue weighted by Crippen LogP contribution is -2.52. The molecular weight excluding hydrogens is 320 g/mol. The van der Waals surface area contributed by atoms with Crippen molar-refractivity contribution in [2.75, 3.05) is 0 Å². The van der Waals surface area contributed by atoms with E-state index in [0.29, 0.717) is 0 Å². The van der Waals surface area contributed by atoms with E-state index < -0.39 is 43.2 Å². The van der Waals surface area contributed by atoms with E-state index in [1.807, 2.05) is 0 Å². The average molecular weight is 329 g/mol. The molecule has 1 aliphatic heterocycles. The van der Waals surface area contributed by atoms with Crippen LogP contribution in [0.5, 0.6) is 0 Å². The Morgan fingerprint density at radius 3 is 2.62 bits per heavy atom. The zero-order valence-electron chi connectivity index (χ0n) is 10.3. The fraction of sp³-hybridized carbons (Fsp3) is 0.500. The lowest BCUT2D eigenvalue weighted by Gasteiger charge is -2.29. The molecule has 1 atom stereocenters. The Balaban J connectivity index is 2.23. The number of hydrogen-bond acceptors (Lipinski definition) is 4. The van der Waals surface area contributed by atoms with Gasteiger partial charge in [0.1, 0.15) is 12.3 Å². The van der Waals surface area contributed by atoms with Crippen LogP contribution < -0.4 is 0 Å². The van der Waals surface area contributed by atoms with Crippen molar-refractivity contribution >= 4 is 23.2 Å². The van der Waals surface area contributed by atoms with Gasteiger partial charge >= 0.3 is 0 Å². The second-order valence-electron chi connectivity index (χ2n) is 4.31. The third kappa shape index (κ3) is 3.00. The number of hydrazone groups is 1. The Morgan fingerprint density at radius 1 is 1.48 bits per heavy atom. The van der Waals surface area contributed by atoms with E-state index >= 15 is 0 Å². The largest absolute Gasteiger partial charge is 0.364 e. The molecule has 1 aromatic rings. The zero-order chi connectivity index (χ0) is 15.8. The summed E-state index contributed by atoms with van der Waals surface area (Å²) in [5.74, 6) is -1.12. The number of carbonyl (C=O) groups is 1. The fourth-order valence-electron chi connectivity index (χ4n) is 1.78. The molecule has 116 valence electrons. The maximum atomic E-state index is 12.9. The third-order valence-corrected chi connectivity index (χ3v) is 2.97. The zero-order valence-corrected chi connectivity index (χ0v) is 11.0. The highest BCUT2D eigenvalue weighted by molar-refractivity contribution is 6.30. The fourth-order valence-corrected chi connectivity index (χ4v) is 1.94. The smallest absolute Gasteiger partial charge is 0.287 e. The summed E-state index contributed by atoms with van der Waals surface area (Å²) in [5.41, 5.74) is -4.07. The van der Waals surface area contributed by atoms with Crippen molar-refractivity contribution in [2.45, 2.75) is 31.5 Å². The summed E-state index contributed by atoms with van der Waals surface area (Å²) in [7, 11) is 0. The molecule has 0 saturated heterocycles. The number of aliphatic hydroxyl groups is 1. The Morgan fingerprint density at radius 2 is 2.14 bits per heavy atom. The summed E-state index contributed by atoms with van der Waals surface area (Å²) < 4.78 is 51.9. The summed E-state index contributed by atoms with van der Waals surface area (Å²) in [5, 5.41) is 16.7. The second-order valence-corrected chi connectivity index (χ2v) is 4.75. The van der Waals surface area contributed by atoms with Crippen LogP contribution >= 0.6 is 11.6 Å². The lowest BCUT2D eigenvalue weighted by molar-refractivity contribution is -0.192. The van der Waals surface area contributed by atoms with Crippen LogP contribution in [0.15, 0.2) is 17.5 Å². The van der Waals surface area contributed by atoms with Crippen LogP contribution in [0.2, 0.25) is 5.02 Å². The van der Waals surface area contributed by atoms with Gasteiger partial charge in [-0.25, -0.2) is 17.6 Å². The molecule has 6 nitrogen and oxygen atoms in total. The molecule has 1 N–H and O–H groups in total. The van der Waals surface area contributed by atoms with Crippen molar-refractivity contribution in [2.24, 2.45) is 5.10 Å². The predicted octanol–water partition coefficient (Wildman–Crippen LogP) is 1.34. The first-order valence-electron chi connectivity index (χ1n) is 5.61. The molecule has 0 aromatic carbocycles. The molecule has 0 spiro atoms. The first kappa shape index (κ1) is 15.7. The predicted molar refractivity (Wildman–Crippen MR) is 63.1 cm³/mol. The Kier molecular flexibility index (Phi) is 4.19. The minimum absolute atomic E-state index is 0.0191. The van der Waals surface area contributed by atoms with E-state index in [1.165, 1.54) is 12.4 Å². The molecule has 0 saturated carbocycles. The molecule has 11 heteroatoms. The Hall–Kier alpha value is -1.68. The van der Waals surface area contributed by atoms with E-state index in [0.717, 1.165) is 4.68 Å². The van der Waals surface area contributed by atoms with Gasteiger partial charge < -0.3 is 5.11 Å². The van der Waals surface area contributed by atoms with Crippen LogP contribution in [0.25, 0.3) is 0 Å². The van der Waals surface area contributed by atoms with Gasteiger partial charge in [0.05, 0.1) is 11.2 Å². The van der Waals surface area contributed by atoms with Gasteiger partial charge in [-0.05, 0) is 0 Å². The van der Waals surface area contributed by atoms with Gasteiger partial charge in [-0.3, -0.25) is 9.48 Å². The van der Waals surface area contributed by atoms with Crippen molar-refractivity contribution in [3.05, 3.63) is 17.4 Å². The van der Waals surface area contributed by atoms with E-state index in [4.69, 9.17) is 11.6 Å². The summed E-state index contributed by atoms with van der Waals surface area (Å²) in [6.07, 6.45) is -5.29. The Bertz CT molecular complexity index is 579. The summed E-state index contributed by atoms with van der Waals surface area (Å²) in [6.45, 7) is -0.582. The molecule has 1 unspecified atom stereocenters. The lowest BCUT2D eigenvalue weighted by atomic mass is 10.1. The quantitative estimate of drug-likeness (QED) is 0.848. The van der Waals surface area contributed by atoms with Gasteiger partial charge in [0, 0.05) is 12.6 Å². The number of rotatable bonds is 4. The van der Waals surface area contributed by atoms with Gasteiger partial charge in [-0.15, -0.1) is 0 Å². The number of hydrogen-bond donors (Lipinski definition) is 1. The van der Waals surface area contributed by atoms with Crippen molar-refractivity contribution in [3.8, 4) is 0 Å². The van der Waals surface area contributed by atoms with Crippen molar-refractivity contribution in [1.82, 2.24) is 14.8 Å². The van der Waals surface area contributed by atoms with Gasteiger partial charge in [0.15, 0.2) is 0 Å². The van der Waals surface area contributed by atoms with Crippen LogP contribution in [0.1, 0.15) is 6.42 Å². The summed E-state index contributed by atoms with van der Waals surface area (Å²) in [4.78, 5) is 11.9. The van der Waals surface area contributed by atoms with Gasteiger partial charge in [-0.1, -0.05) is 11.6 Å². The SMILES string of the molecule is O=C(Cn1cc(Cl)cn1)N1N=C(C(F)F)CC1(O)C(F)F. The molecule has 0 aliphatic carbocycles. The Labute approximate surface area is 120 Å². The highest BCUT2D eigenvalue weighted by atomic mass is 35.5. The molecule has 2 heterocycles. The first-order chi connectivity index (χ1) is 9.74. The second kappa shape index (κ2) is 5.60. The molecule has 1 amide bonds. The number of halogens is 5. The molecule has 0 bridgehead atoms. The van der Waals surface area contributed by atoms with Gasteiger partial charge in [0.25, 0.3) is 18.8 Å². The molecule has 0 radical (unpaired) electrons. The monoisotopic (exact) mass is 328 g/mol. The molecule has 1 aromatic heterocycles. The van der Waals surface area contributed by atoms with Crippen LogP contribution in [-0.2, 0) is 11.3 Å². The average Bonchev–Trinajstić information content (AvgIpc) is 2.94. The third-order valence-electron chi connectivity index (χ3n) is 2.77. The molecule has 21 heavy (non-hydrogen) atoms. The topological polar surface area (TPSA) is 70.7 Å². The highest BCUT2D eigenvalue weighted by Crippen LogP contribution is 2.33. The van der Waals surface area contributed by atoms with Crippen molar-refractivity contribution in [3.63, 3.8) is 0 Å². The summed E-state index contributed by atoms with van der Waals surface area (Å²) >= 11 is 5.57. The van der Waals surface area contributed by atoms with Crippen LogP contribution in [0, 0.1) is 0 Å². The standard InChI is InChI=1S/C10H9ClF4N4O2/c11-5-2-16-18(3-5)4-7(20)19-10(21,9(14)15)1-6(17-19)8(12)13/h2-3,8-9,21H,1,4H2. The molecule has 0 fully saturated rings. The number of aromatic nitrogens is 2. The van der Waals surface area contributed by atoms with Crippen LogP contribution in [0.4, 0.5) is 17.6 Å². The normalized spacial score (nSPS) is 22.3. The number of alkyl halides is 4. The molecular formula is C10H9ClF4N4O2. The summed E-state index contributed by atoms with van der Waals surface area (Å²) in [6, 6.07) is 0. The van der Waals surface area contributed by atoms with Crippen molar-refractivity contribution in [1.29, 1.82) is 0 Å². The van der Waals surface area contributed by atoms with E-state index in [2.05, 4.69) is 10.2 Å². The van der Waals surface area contributed by atoms with Gasteiger partial charge in [-0.2, -0.15) is 15.2 Å². The van der Waals surface area contributed by atoms with Gasteiger partial charge in [0.2, 0.25) is 5.72 Å². The minimum Gasteiger partial charge on any atom is -0.364 e. The van der Waals surface area contributed by atoms with Crippen molar-refractivity contribution < 1.29 is 27.5 Å². The minimum atomic E-state index is -3.46. The number of amides is 1. The van der Waals surface area contributed by atoms with Crippen LogP contribution in [-0.4, -0.2) is 50.1 Å². The first-order valence-corrected chi connectivity index (χ1v) is 5.99. The maximum absolute atomic E-state index is 12.9. The van der Waals surface area contributed by atoms with Crippen LogP contribution in [0.3, 0.4) is 0 Å². The molecule has 2 rings (SSSR count). The van der Waals surface area contributed by atoms with E-state index in [-0.39, 0.29) is 10.0 Å². The highest BCUT2D eigenvalue weighted by Gasteiger charge is 2.53.